The molecular formula is C20H22N4O4. The summed E-state index contributed by atoms with van der Waals surface area (Å²) in [4.78, 5) is 24.8. The molecule has 0 heterocycles. The number of hydrazone groups is 1. The summed E-state index contributed by atoms with van der Waals surface area (Å²) >= 11 is 0. The van der Waals surface area contributed by atoms with Crippen molar-refractivity contribution >= 4 is 28.6 Å². The van der Waals surface area contributed by atoms with Gasteiger partial charge in [-0.1, -0.05) is 18.2 Å². The van der Waals surface area contributed by atoms with Crippen LogP contribution in [0.5, 0.6) is 0 Å². The van der Waals surface area contributed by atoms with Crippen molar-refractivity contribution in [3.05, 3.63) is 76.5 Å². The molecule has 0 unspecified atom stereocenters. The summed E-state index contributed by atoms with van der Waals surface area (Å²) in [5.41, 5.74) is 4.66. The maximum Gasteiger partial charge on any atom is 0.359 e. The van der Waals surface area contributed by atoms with Gasteiger partial charge in [0, 0.05) is 38.0 Å². The Labute approximate surface area is 163 Å². The molecule has 2 rings (SSSR count). The van der Waals surface area contributed by atoms with Crippen LogP contribution in [0, 0.1) is 10.1 Å². The lowest BCUT2D eigenvalue weighted by molar-refractivity contribution is -0.384. The first-order valence-corrected chi connectivity index (χ1v) is 8.61. The normalized spacial score (nSPS) is 11.7. The van der Waals surface area contributed by atoms with Gasteiger partial charge in [-0.25, -0.2) is 4.79 Å². The highest BCUT2D eigenvalue weighted by Gasteiger charge is 2.21. The summed E-state index contributed by atoms with van der Waals surface area (Å²) in [5, 5.41) is 15.2. The Morgan fingerprint density at radius 3 is 2.36 bits per heavy atom. The fraction of sp³-hybridized carbons (Fsp3) is 0.200. The zero-order valence-corrected chi connectivity index (χ0v) is 16.0. The zero-order chi connectivity index (χ0) is 20.5. The number of para-hydroxylation sites is 1. The minimum atomic E-state index is -0.600. The largest absolute Gasteiger partial charge is 0.461 e. The number of anilines is 1. The molecular weight excluding hydrogens is 360 g/mol. The fourth-order valence-corrected chi connectivity index (χ4v) is 2.34. The number of nitro groups is 1. The molecule has 2 aromatic rings. The smallest absolute Gasteiger partial charge is 0.359 e. The third-order valence-electron chi connectivity index (χ3n) is 3.57. The standard InChI is InChI=1S/C20H22N4O4/c1-4-28-20(25)19(22-21-16-8-6-5-7-9-16)18(14-23(2)3)15-10-12-17(13-11-15)24(26)27/h5-14,21H,4H2,1-3H3. The summed E-state index contributed by atoms with van der Waals surface area (Å²) in [6.07, 6.45) is 1.71. The first-order valence-electron chi connectivity index (χ1n) is 8.61. The molecule has 0 atom stereocenters. The number of nitro benzene ring substituents is 1. The Kier molecular flexibility index (Phi) is 7.27. The van der Waals surface area contributed by atoms with E-state index >= 15 is 0 Å². The molecule has 28 heavy (non-hydrogen) atoms. The Morgan fingerprint density at radius 2 is 1.82 bits per heavy atom. The SMILES string of the molecule is CCOC(=O)C(=NNc1ccccc1)C(=CN(C)C)c1ccc([N+](=O)[O-])cc1. The molecule has 0 bridgehead atoms. The van der Waals surface area contributed by atoms with Crippen LogP contribution in [0.1, 0.15) is 12.5 Å². The van der Waals surface area contributed by atoms with Crippen molar-refractivity contribution in [3.63, 3.8) is 0 Å². The van der Waals surface area contributed by atoms with Gasteiger partial charge in [0.2, 0.25) is 0 Å². The van der Waals surface area contributed by atoms with Crippen molar-refractivity contribution in [2.45, 2.75) is 6.92 Å². The lowest BCUT2D eigenvalue weighted by Crippen LogP contribution is -2.22. The maximum absolute atomic E-state index is 12.6. The summed E-state index contributed by atoms with van der Waals surface area (Å²) in [7, 11) is 3.61. The van der Waals surface area contributed by atoms with Gasteiger partial charge < -0.3 is 9.64 Å². The van der Waals surface area contributed by atoms with Crippen LogP contribution < -0.4 is 5.43 Å². The average Bonchev–Trinajstić information content (AvgIpc) is 2.68. The maximum atomic E-state index is 12.6. The van der Waals surface area contributed by atoms with Gasteiger partial charge in [0.25, 0.3) is 5.69 Å². The monoisotopic (exact) mass is 382 g/mol. The molecule has 0 aliphatic carbocycles. The summed E-state index contributed by atoms with van der Waals surface area (Å²) in [6.45, 7) is 1.90. The van der Waals surface area contributed by atoms with Crippen molar-refractivity contribution in [1.29, 1.82) is 0 Å². The Hall–Kier alpha value is -3.68. The third-order valence-corrected chi connectivity index (χ3v) is 3.57. The van der Waals surface area contributed by atoms with E-state index in [1.165, 1.54) is 12.1 Å². The number of nitrogens with zero attached hydrogens (tertiary/aromatic N) is 3. The van der Waals surface area contributed by atoms with Crippen LogP contribution in [0.4, 0.5) is 11.4 Å². The van der Waals surface area contributed by atoms with E-state index in [1.54, 1.807) is 44.3 Å². The number of ether oxygens (including phenoxy) is 1. The molecule has 0 amide bonds. The molecule has 0 aromatic heterocycles. The van der Waals surface area contributed by atoms with Gasteiger partial charge in [-0.05, 0) is 36.8 Å². The molecule has 0 saturated carbocycles. The number of hydrogen-bond acceptors (Lipinski definition) is 7. The highest BCUT2D eigenvalue weighted by atomic mass is 16.6. The number of esters is 1. The Bertz CT molecular complexity index is 875. The van der Waals surface area contributed by atoms with E-state index < -0.39 is 10.9 Å². The van der Waals surface area contributed by atoms with Crippen LogP contribution in [0.25, 0.3) is 5.57 Å². The van der Waals surface area contributed by atoms with Crippen molar-refractivity contribution < 1.29 is 14.5 Å². The van der Waals surface area contributed by atoms with Crippen LogP contribution in [0.2, 0.25) is 0 Å². The second kappa shape index (κ2) is 9.86. The number of non-ortho nitro benzene ring substituents is 1. The predicted molar refractivity (Wildman–Crippen MR) is 109 cm³/mol. The molecule has 0 spiro atoms. The van der Waals surface area contributed by atoms with Gasteiger partial charge >= 0.3 is 5.97 Å². The second-order valence-corrected chi connectivity index (χ2v) is 5.97. The molecule has 0 saturated heterocycles. The van der Waals surface area contributed by atoms with Gasteiger partial charge in [0.15, 0.2) is 5.71 Å². The van der Waals surface area contributed by atoms with Crippen LogP contribution in [0.3, 0.4) is 0 Å². The van der Waals surface area contributed by atoms with Gasteiger partial charge in [-0.2, -0.15) is 5.10 Å². The van der Waals surface area contributed by atoms with Gasteiger partial charge in [-0.3, -0.25) is 15.5 Å². The Morgan fingerprint density at radius 1 is 1.18 bits per heavy atom. The first-order chi connectivity index (χ1) is 13.4. The van der Waals surface area contributed by atoms with Gasteiger partial charge in [-0.15, -0.1) is 0 Å². The second-order valence-electron chi connectivity index (χ2n) is 5.97. The summed E-state index contributed by atoms with van der Waals surface area (Å²) in [5.74, 6) is -0.600. The van der Waals surface area contributed by atoms with Gasteiger partial charge in [0.05, 0.1) is 17.2 Å². The van der Waals surface area contributed by atoms with E-state index in [-0.39, 0.29) is 18.0 Å². The van der Waals surface area contributed by atoms with Crippen LogP contribution in [0.15, 0.2) is 65.9 Å². The lowest BCUT2D eigenvalue weighted by atomic mass is 10.0. The number of carbonyl (C=O) groups is 1. The molecule has 8 nitrogen and oxygen atoms in total. The van der Waals surface area contributed by atoms with E-state index in [1.807, 2.05) is 30.3 Å². The van der Waals surface area contributed by atoms with Gasteiger partial charge in [0.1, 0.15) is 0 Å². The van der Waals surface area contributed by atoms with Crippen LogP contribution >= 0.6 is 0 Å². The van der Waals surface area contributed by atoms with E-state index in [2.05, 4.69) is 10.5 Å². The van der Waals surface area contributed by atoms with E-state index in [0.717, 1.165) is 0 Å². The Balaban J connectivity index is 2.49. The predicted octanol–water partition coefficient (Wildman–Crippen LogP) is 3.53. The zero-order valence-electron chi connectivity index (χ0n) is 16.0. The van der Waals surface area contributed by atoms with E-state index in [9.17, 15) is 14.9 Å². The number of rotatable bonds is 8. The molecule has 0 aliphatic heterocycles. The molecule has 146 valence electrons. The highest BCUT2D eigenvalue weighted by Crippen LogP contribution is 2.22. The van der Waals surface area contributed by atoms with Crippen molar-refractivity contribution in [1.82, 2.24) is 4.90 Å². The van der Waals surface area contributed by atoms with E-state index in [4.69, 9.17) is 4.74 Å². The number of nitrogens with one attached hydrogen (secondary N) is 1. The van der Waals surface area contributed by atoms with E-state index in [0.29, 0.717) is 16.8 Å². The van der Waals surface area contributed by atoms with Crippen molar-refractivity contribution in [3.8, 4) is 0 Å². The van der Waals surface area contributed by atoms with Crippen molar-refractivity contribution in [2.75, 3.05) is 26.1 Å². The quantitative estimate of drug-likeness (QED) is 0.325. The molecule has 8 heteroatoms. The number of hydrogen-bond donors (Lipinski definition) is 1. The summed E-state index contributed by atoms with van der Waals surface area (Å²) < 4.78 is 5.16. The third kappa shape index (κ3) is 5.66. The number of benzene rings is 2. The first kappa shape index (κ1) is 20.6. The summed E-state index contributed by atoms with van der Waals surface area (Å²) in [6, 6.07) is 15.1. The average molecular weight is 382 g/mol. The minimum Gasteiger partial charge on any atom is -0.461 e. The fourth-order valence-electron chi connectivity index (χ4n) is 2.34. The minimum absolute atomic E-state index is 0.0370. The molecule has 0 fully saturated rings. The molecule has 0 radical (unpaired) electrons. The molecule has 0 aliphatic rings. The van der Waals surface area contributed by atoms with Crippen LogP contribution in [-0.4, -0.2) is 42.2 Å². The number of carbonyl (C=O) groups excluding carboxylic acids is 1. The molecule has 2 aromatic carbocycles. The van der Waals surface area contributed by atoms with Crippen LogP contribution in [-0.2, 0) is 9.53 Å². The highest BCUT2D eigenvalue weighted by molar-refractivity contribution is 6.54. The molecule has 1 N–H and O–H groups in total. The van der Waals surface area contributed by atoms with Crippen molar-refractivity contribution in [2.24, 2.45) is 5.10 Å². The lowest BCUT2D eigenvalue weighted by Gasteiger charge is -2.14. The topological polar surface area (TPSA) is 97.1 Å².